The van der Waals surface area contributed by atoms with Crippen LogP contribution in [0.5, 0.6) is 0 Å². The summed E-state index contributed by atoms with van der Waals surface area (Å²) in [6, 6.07) is 2.25. The van der Waals surface area contributed by atoms with Gasteiger partial charge in [-0.05, 0) is 57.0 Å². The van der Waals surface area contributed by atoms with Crippen LogP contribution >= 0.6 is 0 Å². The van der Waals surface area contributed by atoms with Gasteiger partial charge in [-0.3, -0.25) is 0 Å². The Morgan fingerprint density at radius 2 is 1.72 bits per heavy atom. The zero-order valence-electron chi connectivity index (χ0n) is 11.8. The fourth-order valence-electron chi connectivity index (χ4n) is 2.42. The molecule has 0 amide bonds. The van der Waals surface area contributed by atoms with Gasteiger partial charge in [0.1, 0.15) is 0 Å². The van der Waals surface area contributed by atoms with E-state index in [0.717, 1.165) is 17.9 Å². The van der Waals surface area contributed by atoms with E-state index >= 15 is 0 Å². The maximum atomic E-state index is 4.51. The minimum Gasteiger partial charge on any atom is -0.347 e. The van der Waals surface area contributed by atoms with Gasteiger partial charge in [0.25, 0.3) is 0 Å². The third-order valence-corrected chi connectivity index (χ3v) is 3.67. The largest absolute Gasteiger partial charge is 0.347 e. The summed E-state index contributed by atoms with van der Waals surface area (Å²) in [5.41, 5.74) is 8.79. The second-order valence-corrected chi connectivity index (χ2v) is 4.90. The summed E-state index contributed by atoms with van der Waals surface area (Å²) in [6.45, 7) is 9.48. The molecule has 1 aromatic carbocycles. The lowest BCUT2D eigenvalue weighted by atomic mass is 9.91. The number of hydrogen-bond acceptors (Lipinski definition) is 2. The highest BCUT2D eigenvalue weighted by molar-refractivity contribution is 5.72. The Morgan fingerprint density at radius 1 is 1.11 bits per heavy atom. The Bertz CT molecular complexity index is 541. The summed E-state index contributed by atoms with van der Waals surface area (Å²) in [5.74, 6) is 0. The molecule has 0 spiro atoms. The lowest BCUT2D eigenvalue weighted by molar-refractivity contribution is 0.798. The van der Waals surface area contributed by atoms with Crippen LogP contribution in [0.4, 0.5) is 0 Å². The fourth-order valence-corrected chi connectivity index (χ4v) is 2.42. The number of aryl methyl sites for hydroxylation is 2. The SMILES string of the molecule is CNCc1[nH]cnc1-c1c(C)c(C)cc(C)c1C. The summed E-state index contributed by atoms with van der Waals surface area (Å²) in [5, 5.41) is 3.18. The fraction of sp³-hybridized carbons (Fsp3) is 0.400. The van der Waals surface area contributed by atoms with Crippen LogP contribution in [0.1, 0.15) is 27.9 Å². The van der Waals surface area contributed by atoms with Crippen molar-refractivity contribution in [2.24, 2.45) is 0 Å². The standard InChI is InChI=1S/C15H21N3/c1-9-6-10(2)12(4)14(11(9)3)15-13(7-16-5)17-8-18-15/h6,8,16H,7H2,1-5H3,(H,17,18). The maximum Gasteiger partial charge on any atom is 0.0931 e. The number of H-pyrrole nitrogens is 1. The molecule has 0 atom stereocenters. The summed E-state index contributed by atoms with van der Waals surface area (Å²) < 4.78 is 0. The first-order valence-electron chi connectivity index (χ1n) is 6.30. The zero-order valence-corrected chi connectivity index (χ0v) is 11.8. The van der Waals surface area contributed by atoms with Gasteiger partial charge in [-0.1, -0.05) is 6.07 Å². The lowest BCUT2D eigenvalue weighted by Crippen LogP contribution is -2.07. The minimum absolute atomic E-state index is 0.807. The topological polar surface area (TPSA) is 40.7 Å². The van der Waals surface area contributed by atoms with Crippen molar-refractivity contribution in [3.63, 3.8) is 0 Å². The highest BCUT2D eigenvalue weighted by Crippen LogP contribution is 2.31. The van der Waals surface area contributed by atoms with Crippen molar-refractivity contribution in [3.8, 4) is 11.3 Å². The number of aromatic nitrogens is 2. The van der Waals surface area contributed by atoms with Gasteiger partial charge >= 0.3 is 0 Å². The van der Waals surface area contributed by atoms with Gasteiger partial charge in [0.15, 0.2) is 0 Å². The van der Waals surface area contributed by atoms with Crippen molar-refractivity contribution < 1.29 is 0 Å². The van der Waals surface area contributed by atoms with Crippen LogP contribution in [-0.4, -0.2) is 17.0 Å². The number of aromatic amines is 1. The third kappa shape index (κ3) is 2.06. The van der Waals surface area contributed by atoms with Crippen LogP contribution < -0.4 is 5.32 Å². The van der Waals surface area contributed by atoms with Gasteiger partial charge in [0, 0.05) is 12.1 Å². The van der Waals surface area contributed by atoms with Crippen molar-refractivity contribution >= 4 is 0 Å². The number of imidazole rings is 1. The van der Waals surface area contributed by atoms with Crippen molar-refractivity contribution in [1.82, 2.24) is 15.3 Å². The van der Waals surface area contributed by atoms with Crippen molar-refractivity contribution in [1.29, 1.82) is 0 Å². The molecule has 2 N–H and O–H groups in total. The monoisotopic (exact) mass is 243 g/mol. The maximum absolute atomic E-state index is 4.51. The summed E-state index contributed by atoms with van der Waals surface area (Å²) in [4.78, 5) is 7.74. The Labute approximate surface area is 109 Å². The van der Waals surface area contributed by atoms with Crippen LogP contribution in [0.15, 0.2) is 12.4 Å². The van der Waals surface area contributed by atoms with E-state index in [9.17, 15) is 0 Å². The average molecular weight is 243 g/mol. The number of nitrogens with one attached hydrogen (secondary N) is 2. The molecular formula is C15H21N3. The van der Waals surface area contributed by atoms with E-state index in [-0.39, 0.29) is 0 Å². The molecule has 0 aliphatic rings. The number of hydrogen-bond donors (Lipinski definition) is 2. The van der Waals surface area contributed by atoms with E-state index in [2.05, 4.69) is 49.0 Å². The van der Waals surface area contributed by atoms with Crippen LogP contribution in [0.25, 0.3) is 11.3 Å². The molecular weight excluding hydrogens is 222 g/mol. The van der Waals surface area contributed by atoms with Gasteiger partial charge in [0.2, 0.25) is 0 Å². The number of nitrogens with zero attached hydrogens (tertiary/aromatic N) is 1. The van der Waals surface area contributed by atoms with E-state index in [4.69, 9.17) is 0 Å². The molecule has 3 heteroatoms. The van der Waals surface area contributed by atoms with Gasteiger partial charge in [0.05, 0.1) is 17.7 Å². The molecule has 1 aromatic heterocycles. The quantitative estimate of drug-likeness (QED) is 0.870. The van der Waals surface area contributed by atoms with Crippen molar-refractivity contribution in [2.75, 3.05) is 7.05 Å². The lowest BCUT2D eigenvalue weighted by Gasteiger charge is -2.15. The van der Waals surface area contributed by atoms with Gasteiger partial charge < -0.3 is 10.3 Å². The average Bonchev–Trinajstić information content (AvgIpc) is 2.76. The number of rotatable bonds is 3. The third-order valence-electron chi connectivity index (χ3n) is 3.67. The van der Waals surface area contributed by atoms with Crippen molar-refractivity contribution in [2.45, 2.75) is 34.2 Å². The smallest absolute Gasteiger partial charge is 0.0931 e. The van der Waals surface area contributed by atoms with Crippen LogP contribution in [0.2, 0.25) is 0 Å². The first-order chi connectivity index (χ1) is 8.56. The molecule has 0 bridgehead atoms. The number of benzene rings is 1. The molecule has 0 aliphatic carbocycles. The molecule has 0 saturated carbocycles. The first kappa shape index (κ1) is 12.8. The van der Waals surface area contributed by atoms with E-state index < -0.39 is 0 Å². The summed E-state index contributed by atoms with van der Waals surface area (Å²) in [7, 11) is 1.95. The minimum atomic E-state index is 0.807. The molecule has 0 saturated heterocycles. The second-order valence-electron chi connectivity index (χ2n) is 4.90. The molecule has 0 fully saturated rings. The molecule has 96 valence electrons. The first-order valence-corrected chi connectivity index (χ1v) is 6.30. The Hall–Kier alpha value is -1.61. The molecule has 3 nitrogen and oxygen atoms in total. The van der Waals surface area contributed by atoms with Gasteiger partial charge in [-0.25, -0.2) is 4.98 Å². The Balaban J connectivity index is 2.66. The van der Waals surface area contributed by atoms with Crippen LogP contribution in [-0.2, 0) is 6.54 Å². The highest BCUT2D eigenvalue weighted by atomic mass is 14.9. The molecule has 0 unspecified atom stereocenters. The predicted molar refractivity (Wildman–Crippen MR) is 75.7 cm³/mol. The predicted octanol–water partition coefficient (Wildman–Crippen LogP) is 3.03. The van der Waals surface area contributed by atoms with E-state index in [0.29, 0.717) is 0 Å². The Kier molecular flexibility index (Phi) is 3.53. The summed E-state index contributed by atoms with van der Waals surface area (Å²) >= 11 is 0. The molecule has 0 radical (unpaired) electrons. The van der Waals surface area contributed by atoms with Gasteiger partial charge in [-0.2, -0.15) is 0 Å². The van der Waals surface area contributed by atoms with Gasteiger partial charge in [-0.15, -0.1) is 0 Å². The molecule has 2 rings (SSSR count). The Morgan fingerprint density at radius 3 is 2.28 bits per heavy atom. The normalized spacial score (nSPS) is 10.9. The van der Waals surface area contributed by atoms with Crippen LogP contribution in [0, 0.1) is 27.7 Å². The van der Waals surface area contributed by atoms with Crippen LogP contribution in [0.3, 0.4) is 0 Å². The molecule has 0 aliphatic heterocycles. The van der Waals surface area contributed by atoms with E-state index in [1.165, 1.54) is 27.8 Å². The molecule has 18 heavy (non-hydrogen) atoms. The second kappa shape index (κ2) is 4.94. The van der Waals surface area contributed by atoms with E-state index in [1.54, 1.807) is 6.33 Å². The molecule has 1 heterocycles. The zero-order chi connectivity index (χ0) is 13.3. The summed E-state index contributed by atoms with van der Waals surface area (Å²) in [6.07, 6.45) is 1.78. The van der Waals surface area contributed by atoms with E-state index in [1.807, 2.05) is 7.05 Å². The highest BCUT2D eigenvalue weighted by Gasteiger charge is 2.15. The molecule has 2 aromatic rings. The van der Waals surface area contributed by atoms with Crippen molar-refractivity contribution in [3.05, 3.63) is 40.3 Å².